The Morgan fingerprint density at radius 3 is 2.15 bits per heavy atom. The molecule has 1 aromatic heterocycles. The number of hydrogen-bond acceptors (Lipinski definition) is 6. The number of Topliss-reactive ketones (excluding diaryl/α,β-unsaturated/α-hetero) is 1. The molecule has 202 valence electrons. The maximum absolute atomic E-state index is 13.9. The minimum Gasteiger partial charge on any atom is -0.359 e. The molecule has 0 aliphatic carbocycles. The number of benzene rings is 3. The molecule has 1 aliphatic heterocycles. The van der Waals surface area contributed by atoms with Gasteiger partial charge < -0.3 is 20.5 Å². The van der Waals surface area contributed by atoms with Crippen molar-refractivity contribution >= 4 is 35.1 Å². The van der Waals surface area contributed by atoms with Crippen molar-refractivity contribution in [1.29, 1.82) is 0 Å². The van der Waals surface area contributed by atoms with Gasteiger partial charge in [0.05, 0.1) is 6.54 Å². The highest BCUT2D eigenvalue weighted by atomic mass is 16.5. The van der Waals surface area contributed by atoms with Crippen LogP contribution in [-0.2, 0) is 10.3 Å². The number of ketones is 1. The summed E-state index contributed by atoms with van der Waals surface area (Å²) < 4.78 is 5.04. The number of aromatic nitrogens is 1. The molecule has 1 aliphatic rings. The molecular weight excluding hydrogens is 510 g/mol. The van der Waals surface area contributed by atoms with Crippen LogP contribution in [0.15, 0.2) is 83.4 Å². The molecule has 0 bridgehead atoms. The van der Waals surface area contributed by atoms with Crippen molar-refractivity contribution in [2.45, 2.75) is 26.3 Å². The molecule has 1 unspecified atom stereocenters. The maximum Gasteiger partial charge on any atom is 0.325 e. The van der Waals surface area contributed by atoms with E-state index in [2.05, 4.69) is 21.1 Å². The van der Waals surface area contributed by atoms with Gasteiger partial charge in [-0.1, -0.05) is 65.3 Å². The van der Waals surface area contributed by atoms with Gasteiger partial charge in [0.1, 0.15) is 11.4 Å². The Hall–Kier alpha value is -5.25. The number of carbonyl (C=O) groups excluding carboxylic acids is 4. The summed E-state index contributed by atoms with van der Waals surface area (Å²) >= 11 is 0. The first-order valence-electron chi connectivity index (χ1n) is 12.6. The molecule has 10 nitrogen and oxygen atoms in total. The summed E-state index contributed by atoms with van der Waals surface area (Å²) in [4.78, 5) is 53.4. The average Bonchev–Trinajstić information content (AvgIpc) is 3.40. The van der Waals surface area contributed by atoms with Crippen molar-refractivity contribution in [2.75, 3.05) is 17.2 Å². The largest absolute Gasteiger partial charge is 0.359 e. The SMILES string of the molecule is Cc1ccc(C2(c3ccccc3)NC(=O)N(CC(=O)c3ccc(NC(=O)Nc4c(C)noc4C)cc3)C2=O)cc1. The molecule has 5 rings (SSSR count). The van der Waals surface area contributed by atoms with Gasteiger partial charge in [0.15, 0.2) is 17.1 Å². The van der Waals surface area contributed by atoms with Gasteiger partial charge in [-0.05, 0) is 56.2 Å². The molecule has 4 aromatic rings. The zero-order valence-corrected chi connectivity index (χ0v) is 22.1. The molecule has 0 radical (unpaired) electrons. The van der Waals surface area contributed by atoms with Gasteiger partial charge in [0, 0.05) is 11.3 Å². The number of imide groups is 1. The lowest BCUT2D eigenvalue weighted by Gasteiger charge is -2.28. The summed E-state index contributed by atoms with van der Waals surface area (Å²) in [7, 11) is 0. The second kappa shape index (κ2) is 10.5. The fourth-order valence-electron chi connectivity index (χ4n) is 4.68. The lowest BCUT2D eigenvalue weighted by atomic mass is 9.82. The molecule has 10 heteroatoms. The van der Waals surface area contributed by atoms with Crippen molar-refractivity contribution in [3.63, 3.8) is 0 Å². The summed E-state index contributed by atoms with van der Waals surface area (Å²) in [5.74, 6) is -0.481. The molecule has 1 fully saturated rings. The van der Waals surface area contributed by atoms with E-state index in [1.807, 2.05) is 25.1 Å². The minimum absolute atomic E-state index is 0.282. The Labute approximate surface area is 230 Å². The number of anilines is 2. The zero-order valence-electron chi connectivity index (χ0n) is 22.1. The fourth-order valence-corrected chi connectivity index (χ4v) is 4.68. The summed E-state index contributed by atoms with van der Waals surface area (Å²) in [6.45, 7) is 4.89. The molecule has 2 heterocycles. The van der Waals surface area contributed by atoms with Crippen LogP contribution >= 0.6 is 0 Å². The summed E-state index contributed by atoms with van der Waals surface area (Å²) in [5.41, 5.74) is 2.51. The fraction of sp³-hybridized carbons (Fsp3) is 0.167. The first-order valence-corrected chi connectivity index (χ1v) is 12.6. The number of aryl methyl sites for hydroxylation is 3. The van der Waals surface area contributed by atoms with Crippen molar-refractivity contribution < 1.29 is 23.7 Å². The van der Waals surface area contributed by atoms with Crippen LogP contribution in [0.5, 0.6) is 0 Å². The second-order valence-corrected chi connectivity index (χ2v) is 9.58. The Bertz CT molecular complexity index is 1580. The van der Waals surface area contributed by atoms with Gasteiger partial charge in [-0.3, -0.25) is 14.5 Å². The quantitative estimate of drug-likeness (QED) is 0.226. The highest BCUT2D eigenvalue weighted by Gasteiger charge is 2.54. The van der Waals surface area contributed by atoms with E-state index in [9.17, 15) is 19.2 Å². The normalized spacial score (nSPS) is 16.5. The van der Waals surface area contributed by atoms with Crippen LogP contribution in [0, 0.1) is 20.8 Å². The van der Waals surface area contributed by atoms with Crippen LogP contribution in [0.2, 0.25) is 0 Å². The number of amides is 5. The van der Waals surface area contributed by atoms with Gasteiger partial charge in [0.25, 0.3) is 5.91 Å². The van der Waals surface area contributed by atoms with E-state index in [0.717, 1.165) is 10.5 Å². The number of rotatable bonds is 7. The predicted molar refractivity (Wildman–Crippen MR) is 148 cm³/mol. The molecule has 5 amide bonds. The number of nitrogens with one attached hydrogen (secondary N) is 3. The van der Waals surface area contributed by atoms with Gasteiger partial charge in [-0.25, -0.2) is 9.59 Å². The zero-order chi connectivity index (χ0) is 28.4. The van der Waals surface area contributed by atoms with Crippen molar-refractivity contribution in [3.8, 4) is 0 Å². The monoisotopic (exact) mass is 537 g/mol. The van der Waals surface area contributed by atoms with Gasteiger partial charge in [0.2, 0.25) is 0 Å². The first-order chi connectivity index (χ1) is 19.2. The van der Waals surface area contributed by atoms with E-state index in [0.29, 0.717) is 34.0 Å². The number of carbonyl (C=O) groups is 4. The third kappa shape index (κ3) is 4.82. The molecular formula is C30H27N5O5. The van der Waals surface area contributed by atoms with Crippen LogP contribution in [-0.4, -0.2) is 40.4 Å². The Morgan fingerprint density at radius 2 is 1.52 bits per heavy atom. The Balaban J connectivity index is 1.32. The highest BCUT2D eigenvalue weighted by molar-refractivity contribution is 6.13. The molecule has 40 heavy (non-hydrogen) atoms. The van der Waals surface area contributed by atoms with Crippen molar-refractivity contribution in [1.82, 2.24) is 15.4 Å². The first kappa shape index (κ1) is 26.4. The van der Waals surface area contributed by atoms with E-state index >= 15 is 0 Å². The van der Waals surface area contributed by atoms with Gasteiger partial charge >= 0.3 is 12.1 Å². The molecule has 1 saturated heterocycles. The molecule has 3 N–H and O–H groups in total. The highest BCUT2D eigenvalue weighted by Crippen LogP contribution is 2.36. The third-order valence-electron chi connectivity index (χ3n) is 6.84. The summed E-state index contributed by atoms with van der Waals surface area (Å²) in [5, 5.41) is 12.0. The minimum atomic E-state index is -1.45. The number of urea groups is 2. The Kier molecular flexibility index (Phi) is 6.91. The van der Waals surface area contributed by atoms with Crippen molar-refractivity contribution in [2.24, 2.45) is 0 Å². The molecule has 3 aromatic carbocycles. The van der Waals surface area contributed by atoms with Crippen LogP contribution < -0.4 is 16.0 Å². The lowest BCUT2D eigenvalue weighted by Crippen LogP contribution is -2.45. The van der Waals surface area contributed by atoms with Crippen LogP contribution in [0.25, 0.3) is 0 Å². The lowest BCUT2D eigenvalue weighted by molar-refractivity contribution is -0.129. The Morgan fingerprint density at radius 1 is 0.875 bits per heavy atom. The molecule has 0 saturated carbocycles. The van der Waals surface area contributed by atoms with E-state index in [4.69, 9.17) is 4.52 Å². The van der Waals surface area contributed by atoms with Crippen molar-refractivity contribution in [3.05, 3.63) is 113 Å². The second-order valence-electron chi connectivity index (χ2n) is 9.58. The van der Waals surface area contributed by atoms with Crippen LogP contribution in [0.1, 0.15) is 38.5 Å². The number of hydrogen-bond donors (Lipinski definition) is 3. The van der Waals surface area contributed by atoms with E-state index in [-0.39, 0.29) is 5.56 Å². The third-order valence-corrected chi connectivity index (χ3v) is 6.84. The standard InChI is InChI=1S/C30H27N5O5/c1-18-9-13-23(14-10-18)30(22-7-5-4-6-8-22)27(37)35(29(39)33-30)17-25(36)21-11-15-24(16-12-21)31-28(38)32-26-19(2)34-40-20(26)3/h4-16H,17H2,1-3H3,(H,33,39)(H2,31,32,38). The summed E-state index contributed by atoms with van der Waals surface area (Å²) in [6, 6.07) is 21.3. The topological polar surface area (TPSA) is 134 Å². The van der Waals surface area contributed by atoms with Crippen LogP contribution in [0.4, 0.5) is 21.0 Å². The smallest absolute Gasteiger partial charge is 0.325 e. The van der Waals surface area contributed by atoms with Gasteiger partial charge in [-0.15, -0.1) is 0 Å². The average molecular weight is 538 g/mol. The predicted octanol–water partition coefficient (Wildman–Crippen LogP) is 4.92. The van der Waals surface area contributed by atoms with E-state index in [1.165, 1.54) is 12.1 Å². The van der Waals surface area contributed by atoms with Crippen LogP contribution in [0.3, 0.4) is 0 Å². The number of nitrogens with zero attached hydrogens (tertiary/aromatic N) is 2. The van der Waals surface area contributed by atoms with Gasteiger partial charge in [-0.2, -0.15) is 0 Å². The van der Waals surface area contributed by atoms with E-state index in [1.54, 1.807) is 62.4 Å². The molecule has 1 atom stereocenters. The maximum atomic E-state index is 13.9. The summed E-state index contributed by atoms with van der Waals surface area (Å²) in [6.07, 6.45) is 0. The van der Waals surface area contributed by atoms with E-state index < -0.39 is 35.8 Å². The molecule has 0 spiro atoms.